The van der Waals surface area contributed by atoms with E-state index in [1.807, 2.05) is 38.2 Å². The Bertz CT molecular complexity index is 483. The smallest absolute Gasteiger partial charge is 0.121 e. The molecule has 0 aliphatic rings. The molecule has 0 atom stereocenters. The van der Waals surface area contributed by atoms with Gasteiger partial charge in [-0.1, -0.05) is 23.7 Å². The zero-order valence-electron chi connectivity index (χ0n) is 8.66. The minimum Gasteiger partial charge on any atom is -0.384 e. The van der Waals surface area contributed by atoms with Crippen molar-refractivity contribution in [3.8, 4) is 11.3 Å². The summed E-state index contributed by atoms with van der Waals surface area (Å²) in [6.45, 7) is 1.97. The van der Waals surface area contributed by atoms with Crippen molar-refractivity contribution in [1.29, 1.82) is 0 Å². The fraction of sp³-hybridized carbons (Fsp3) is 0.182. The van der Waals surface area contributed by atoms with E-state index in [1.54, 1.807) is 4.68 Å². The Morgan fingerprint density at radius 2 is 2.07 bits per heavy atom. The molecule has 3 nitrogen and oxygen atoms in total. The molecule has 1 aromatic heterocycles. The van der Waals surface area contributed by atoms with Crippen molar-refractivity contribution >= 4 is 17.4 Å². The normalized spacial score (nSPS) is 10.6. The van der Waals surface area contributed by atoms with E-state index in [2.05, 4.69) is 5.10 Å². The van der Waals surface area contributed by atoms with Crippen molar-refractivity contribution in [3.05, 3.63) is 34.9 Å². The van der Waals surface area contributed by atoms with Gasteiger partial charge in [-0.2, -0.15) is 5.10 Å². The molecule has 0 saturated carbocycles. The van der Waals surface area contributed by atoms with Gasteiger partial charge < -0.3 is 5.73 Å². The zero-order chi connectivity index (χ0) is 11.0. The predicted octanol–water partition coefficient (Wildman–Crippen LogP) is 2.63. The van der Waals surface area contributed by atoms with Gasteiger partial charge in [-0.25, -0.2) is 0 Å². The summed E-state index contributed by atoms with van der Waals surface area (Å²) in [7, 11) is 1.81. The first-order valence-corrected chi connectivity index (χ1v) is 5.02. The molecule has 1 aromatic carbocycles. The number of aromatic nitrogens is 2. The Morgan fingerprint density at radius 3 is 2.60 bits per heavy atom. The lowest BCUT2D eigenvalue weighted by Crippen LogP contribution is -1.96. The quantitative estimate of drug-likeness (QED) is 0.805. The summed E-state index contributed by atoms with van der Waals surface area (Å²) < 4.78 is 1.64. The van der Waals surface area contributed by atoms with Gasteiger partial charge in [-0.05, 0) is 18.6 Å². The third-order valence-electron chi connectivity index (χ3n) is 2.38. The largest absolute Gasteiger partial charge is 0.384 e. The Morgan fingerprint density at radius 1 is 1.33 bits per heavy atom. The van der Waals surface area contributed by atoms with Crippen molar-refractivity contribution in [2.24, 2.45) is 7.05 Å². The number of rotatable bonds is 1. The van der Waals surface area contributed by atoms with Crippen LogP contribution < -0.4 is 5.73 Å². The number of anilines is 1. The molecular weight excluding hydrogens is 210 g/mol. The van der Waals surface area contributed by atoms with Crippen molar-refractivity contribution in [1.82, 2.24) is 9.78 Å². The van der Waals surface area contributed by atoms with Crippen LogP contribution in [0.2, 0.25) is 5.02 Å². The molecule has 0 saturated heterocycles. The fourth-order valence-electron chi connectivity index (χ4n) is 1.37. The molecule has 78 valence electrons. The van der Waals surface area contributed by atoms with E-state index >= 15 is 0 Å². The Kier molecular flexibility index (Phi) is 2.40. The lowest BCUT2D eigenvalue weighted by atomic mass is 10.1. The molecule has 2 aromatic rings. The van der Waals surface area contributed by atoms with E-state index in [0.717, 1.165) is 21.8 Å². The van der Waals surface area contributed by atoms with Gasteiger partial charge in [0.15, 0.2) is 0 Å². The summed E-state index contributed by atoms with van der Waals surface area (Å²) >= 11 is 6.04. The van der Waals surface area contributed by atoms with Gasteiger partial charge >= 0.3 is 0 Å². The van der Waals surface area contributed by atoms with Gasteiger partial charge in [0.25, 0.3) is 0 Å². The summed E-state index contributed by atoms with van der Waals surface area (Å²) in [6.07, 6.45) is 0. The summed E-state index contributed by atoms with van der Waals surface area (Å²) in [5.41, 5.74) is 8.60. The van der Waals surface area contributed by atoms with Crippen LogP contribution in [-0.2, 0) is 7.05 Å². The number of benzene rings is 1. The van der Waals surface area contributed by atoms with Crippen LogP contribution in [0, 0.1) is 6.92 Å². The van der Waals surface area contributed by atoms with Crippen LogP contribution in [0.4, 0.5) is 5.82 Å². The highest BCUT2D eigenvalue weighted by atomic mass is 35.5. The van der Waals surface area contributed by atoms with Gasteiger partial charge in [0.1, 0.15) is 5.82 Å². The van der Waals surface area contributed by atoms with E-state index in [9.17, 15) is 0 Å². The monoisotopic (exact) mass is 221 g/mol. The molecule has 0 bridgehead atoms. The first kappa shape index (κ1) is 10.1. The molecule has 15 heavy (non-hydrogen) atoms. The van der Waals surface area contributed by atoms with Crippen LogP contribution in [0.5, 0.6) is 0 Å². The van der Waals surface area contributed by atoms with Crippen LogP contribution in [0.25, 0.3) is 11.3 Å². The van der Waals surface area contributed by atoms with E-state index in [1.165, 1.54) is 0 Å². The molecule has 0 radical (unpaired) electrons. The van der Waals surface area contributed by atoms with Gasteiger partial charge in [-0.3, -0.25) is 4.68 Å². The van der Waals surface area contributed by atoms with Crippen LogP contribution in [0.15, 0.2) is 24.3 Å². The zero-order valence-corrected chi connectivity index (χ0v) is 9.42. The third kappa shape index (κ3) is 1.83. The molecule has 4 heteroatoms. The first-order valence-electron chi connectivity index (χ1n) is 4.64. The number of halogens is 1. The number of nitrogens with two attached hydrogens (primary N) is 1. The fourth-order valence-corrected chi connectivity index (χ4v) is 1.56. The van der Waals surface area contributed by atoms with Gasteiger partial charge in [0.2, 0.25) is 0 Å². The Hall–Kier alpha value is -1.48. The maximum Gasteiger partial charge on any atom is 0.121 e. The second kappa shape index (κ2) is 3.59. The number of hydrogen-bond acceptors (Lipinski definition) is 2. The molecule has 1 heterocycles. The second-order valence-electron chi connectivity index (χ2n) is 3.54. The minimum absolute atomic E-state index is 0.640. The molecule has 2 rings (SSSR count). The Labute approximate surface area is 93.5 Å². The Balaban J connectivity index is 2.49. The SMILES string of the molecule is Cc1ccc(-c2cc(N)n(C)n2)cc1Cl. The van der Waals surface area contributed by atoms with E-state index in [4.69, 9.17) is 17.3 Å². The average Bonchev–Trinajstić information content (AvgIpc) is 2.52. The van der Waals surface area contributed by atoms with Crippen molar-refractivity contribution < 1.29 is 0 Å². The molecule has 0 amide bonds. The summed E-state index contributed by atoms with van der Waals surface area (Å²) in [6, 6.07) is 7.70. The lowest BCUT2D eigenvalue weighted by Gasteiger charge is -2.00. The first-order chi connectivity index (χ1) is 7.08. The topological polar surface area (TPSA) is 43.8 Å². The van der Waals surface area contributed by atoms with Crippen LogP contribution in [-0.4, -0.2) is 9.78 Å². The summed E-state index contributed by atoms with van der Waals surface area (Å²) in [5.74, 6) is 0.640. The lowest BCUT2D eigenvalue weighted by molar-refractivity contribution is 0.782. The van der Waals surface area contributed by atoms with E-state index in [0.29, 0.717) is 5.82 Å². The summed E-state index contributed by atoms with van der Waals surface area (Å²) in [5, 5.41) is 5.03. The van der Waals surface area contributed by atoms with E-state index < -0.39 is 0 Å². The molecule has 0 aliphatic carbocycles. The van der Waals surface area contributed by atoms with Crippen molar-refractivity contribution in [2.75, 3.05) is 5.73 Å². The van der Waals surface area contributed by atoms with Gasteiger partial charge in [-0.15, -0.1) is 0 Å². The molecule has 0 unspecified atom stereocenters. The highest BCUT2D eigenvalue weighted by molar-refractivity contribution is 6.31. The maximum atomic E-state index is 6.04. The number of nitrogen functional groups attached to an aromatic ring is 1. The highest BCUT2D eigenvalue weighted by Gasteiger charge is 2.05. The predicted molar refractivity (Wildman–Crippen MR) is 62.8 cm³/mol. The maximum absolute atomic E-state index is 6.04. The third-order valence-corrected chi connectivity index (χ3v) is 2.79. The molecule has 0 spiro atoms. The van der Waals surface area contributed by atoms with Crippen molar-refractivity contribution in [2.45, 2.75) is 6.92 Å². The number of nitrogens with zero attached hydrogens (tertiary/aromatic N) is 2. The van der Waals surface area contributed by atoms with Crippen LogP contribution in [0.3, 0.4) is 0 Å². The molecule has 2 N–H and O–H groups in total. The van der Waals surface area contributed by atoms with Crippen LogP contribution in [0.1, 0.15) is 5.56 Å². The van der Waals surface area contributed by atoms with Gasteiger partial charge in [0.05, 0.1) is 5.69 Å². The number of hydrogen-bond donors (Lipinski definition) is 1. The van der Waals surface area contributed by atoms with Gasteiger partial charge in [0, 0.05) is 23.7 Å². The second-order valence-corrected chi connectivity index (χ2v) is 3.95. The molecule has 0 fully saturated rings. The van der Waals surface area contributed by atoms with E-state index in [-0.39, 0.29) is 0 Å². The average molecular weight is 222 g/mol. The van der Waals surface area contributed by atoms with Crippen LogP contribution >= 0.6 is 11.6 Å². The highest BCUT2D eigenvalue weighted by Crippen LogP contribution is 2.25. The molecular formula is C11H12ClN3. The number of aryl methyl sites for hydroxylation is 2. The summed E-state index contributed by atoms with van der Waals surface area (Å²) in [4.78, 5) is 0. The minimum atomic E-state index is 0.640. The molecule has 0 aliphatic heterocycles. The van der Waals surface area contributed by atoms with Crippen molar-refractivity contribution in [3.63, 3.8) is 0 Å². The standard InChI is InChI=1S/C11H12ClN3/c1-7-3-4-8(5-9(7)12)10-6-11(13)15(2)14-10/h3-6H,13H2,1-2H3.